The minimum atomic E-state index is -1.37. The van der Waals surface area contributed by atoms with Gasteiger partial charge in [0.1, 0.15) is 15.3 Å². The molecule has 0 unspecified atom stereocenters. The van der Waals surface area contributed by atoms with E-state index in [1.807, 2.05) is 0 Å². The van der Waals surface area contributed by atoms with Crippen molar-refractivity contribution in [2.45, 2.75) is 32.7 Å². The number of carbonyl (C=O) groups is 2. The number of aromatic nitrogens is 1. The highest BCUT2D eigenvalue weighted by molar-refractivity contribution is 7.07. The number of thiazole rings is 1. The van der Waals surface area contributed by atoms with Crippen molar-refractivity contribution in [1.82, 2.24) is 9.47 Å². The molecule has 1 saturated heterocycles. The van der Waals surface area contributed by atoms with Gasteiger partial charge in [0.05, 0.1) is 0 Å². The predicted octanol–water partition coefficient (Wildman–Crippen LogP) is 0.963. The topological polar surface area (TPSA) is 127 Å². The van der Waals surface area contributed by atoms with Crippen molar-refractivity contribution < 1.29 is 14.7 Å². The van der Waals surface area contributed by atoms with Gasteiger partial charge in [-0.2, -0.15) is 5.26 Å². The number of amides is 1. The maximum absolute atomic E-state index is 12.6. The molecular weight excluding hydrogens is 430 g/mol. The zero-order valence-corrected chi connectivity index (χ0v) is 18.6. The van der Waals surface area contributed by atoms with Gasteiger partial charge < -0.3 is 20.6 Å². The van der Waals surface area contributed by atoms with Crippen LogP contribution < -0.4 is 25.4 Å². The third-order valence-corrected chi connectivity index (χ3v) is 6.29. The molecule has 0 atom stereocenters. The van der Waals surface area contributed by atoms with Gasteiger partial charge in [0.2, 0.25) is 5.91 Å². The Morgan fingerprint density at radius 3 is 2.47 bits per heavy atom. The van der Waals surface area contributed by atoms with Crippen LogP contribution in [0.15, 0.2) is 29.1 Å². The summed E-state index contributed by atoms with van der Waals surface area (Å²) in [4.78, 5) is 38.3. The van der Waals surface area contributed by atoms with Crippen LogP contribution in [0, 0.1) is 11.3 Å². The third-order valence-electron chi connectivity index (χ3n) is 5.16. The van der Waals surface area contributed by atoms with Crippen LogP contribution in [0.1, 0.15) is 26.2 Å². The monoisotopic (exact) mass is 455 g/mol. The number of hydrogen-bond donors (Lipinski definition) is 3. The minimum Gasteiger partial charge on any atom is -0.477 e. The van der Waals surface area contributed by atoms with E-state index in [2.05, 4.69) is 15.5 Å². The number of hydrogen-bond acceptors (Lipinski definition) is 7. The Balaban J connectivity index is 1.69. The fourth-order valence-corrected chi connectivity index (χ4v) is 4.55. The highest BCUT2D eigenvalue weighted by atomic mass is 32.1. The first-order chi connectivity index (χ1) is 15.4. The lowest BCUT2D eigenvalue weighted by molar-refractivity contribution is -0.130. The Morgan fingerprint density at radius 1 is 1.22 bits per heavy atom. The largest absolute Gasteiger partial charge is 0.477 e. The van der Waals surface area contributed by atoms with Gasteiger partial charge in [0.25, 0.3) is 5.56 Å². The Bertz CT molecular complexity index is 1200. The van der Waals surface area contributed by atoms with Crippen LogP contribution in [0.25, 0.3) is 11.8 Å². The molecule has 32 heavy (non-hydrogen) atoms. The lowest BCUT2D eigenvalue weighted by atomic mass is 10.2. The van der Waals surface area contributed by atoms with E-state index in [9.17, 15) is 19.5 Å². The number of likely N-dealkylation sites (tertiary alicyclic amines) is 1. The van der Waals surface area contributed by atoms with Crippen molar-refractivity contribution in [3.05, 3.63) is 43.8 Å². The van der Waals surface area contributed by atoms with Crippen LogP contribution in [0.4, 0.5) is 11.4 Å². The number of anilines is 2. The van der Waals surface area contributed by atoms with E-state index in [4.69, 9.17) is 5.26 Å². The molecule has 0 aliphatic carbocycles. The number of nitrogens with one attached hydrogen (secondary N) is 2. The van der Waals surface area contributed by atoms with Crippen molar-refractivity contribution in [3.8, 4) is 6.07 Å². The van der Waals surface area contributed by atoms with Crippen molar-refractivity contribution in [2.24, 2.45) is 0 Å². The van der Waals surface area contributed by atoms with Gasteiger partial charge in [0, 0.05) is 37.1 Å². The molecule has 0 saturated carbocycles. The number of nitrogens with zero attached hydrogens (tertiary/aromatic N) is 3. The van der Waals surface area contributed by atoms with E-state index in [1.165, 1.54) is 23.6 Å². The standard InChI is InChI=1S/C22H25N5O4S/c1-2-27-20(29)18(32-21(27)17(13-23)22(30)31)14-24-15-5-7-16(8-6-15)25-19(28)9-12-26-10-3-4-11-26/h5-8,14,24H,2-4,9-12H2,1H3,(H,25,28)(H,30,31). The first kappa shape index (κ1) is 23.2. The van der Waals surface area contributed by atoms with Crippen LogP contribution in [-0.4, -0.2) is 46.1 Å². The molecule has 0 spiro atoms. The average molecular weight is 456 g/mol. The summed E-state index contributed by atoms with van der Waals surface area (Å²) in [6.07, 6.45) is 4.34. The van der Waals surface area contributed by atoms with Gasteiger partial charge in [0.15, 0.2) is 5.57 Å². The molecule has 168 valence electrons. The molecule has 2 heterocycles. The van der Waals surface area contributed by atoms with E-state index in [-0.39, 0.29) is 27.2 Å². The first-order valence-electron chi connectivity index (χ1n) is 10.4. The molecule has 1 amide bonds. The Morgan fingerprint density at radius 2 is 1.88 bits per heavy atom. The summed E-state index contributed by atoms with van der Waals surface area (Å²) in [6, 6.07) is 8.71. The van der Waals surface area contributed by atoms with Crippen LogP contribution >= 0.6 is 11.3 Å². The zero-order chi connectivity index (χ0) is 23.1. The molecule has 1 fully saturated rings. The predicted molar refractivity (Wildman–Crippen MR) is 124 cm³/mol. The molecule has 1 aromatic heterocycles. The van der Waals surface area contributed by atoms with E-state index in [1.54, 1.807) is 37.3 Å². The molecule has 1 aromatic carbocycles. The highest BCUT2D eigenvalue weighted by Gasteiger charge is 2.14. The number of carboxylic acids is 1. The van der Waals surface area contributed by atoms with Gasteiger partial charge in [-0.3, -0.25) is 14.2 Å². The van der Waals surface area contributed by atoms with Crippen molar-refractivity contribution in [1.29, 1.82) is 5.26 Å². The highest BCUT2D eigenvalue weighted by Crippen LogP contribution is 2.14. The summed E-state index contributed by atoms with van der Waals surface area (Å²) in [5.74, 6) is -1.40. The summed E-state index contributed by atoms with van der Waals surface area (Å²) in [6.45, 7) is 4.86. The number of nitriles is 1. The molecule has 2 aromatic rings. The summed E-state index contributed by atoms with van der Waals surface area (Å²) in [7, 11) is 0. The molecule has 1 aliphatic rings. The molecule has 1 aliphatic heterocycles. The number of rotatable bonds is 8. The van der Waals surface area contributed by atoms with Crippen molar-refractivity contribution >= 4 is 46.4 Å². The quantitative estimate of drug-likeness (QED) is 0.541. The second-order valence-corrected chi connectivity index (χ2v) is 8.36. The maximum Gasteiger partial charge on any atom is 0.349 e. The zero-order valence-electron chi connectivity index (χ0n) is 17.8. The van der Waals surface area contributed by atoms with Crippen LogP contribution in [-0.2, 0) is 16.1 Å². The van der Waals surface area contributed by atoms with E-state index < -0.39 is 11.5 Å². The summed E-state index contributed by atoms with van der Waals surface area (Å²) in [5.41, 5.74) is 0.554. The molecule has 0 radical (unpaired) electrons. The van der Waals surface area contributed by atoms with Crippen molar-refractivity contribution in [2.75, 3.05) is 30.3 Å². The molecule has 0 bridgehead atoms. The van der Waals surface area contributed by atoms with Gasteiger partial charge in [-0.05, 0) is 57.1 Å². The third kappa shape index (κ3) is 5.63. The van der Waals surface area contributed by atoms with E-state index >= 15 is 0 Å². The van der Waals surface area contributed by atoms with Crippen molar-refractivity contribution in [3.63, 3.8) is 0 Å². The Kier molecular flexibility index (Phi) is 7.81. The number of benzene rings is 1. The minimum absolute atomic E-state index is 0.0293. The molecule has 9 nitrogen and oxygen atoms in total. The second kappa shape index (κ2) is 10.7. The van der Waals surface area contributed by atoms with Gasteiger partial charge in [-0.1, -0.05) is 0 Å². The van der Waals surface area contributed by atoms with Gasteiger partial charge >= 0.3 is 5.97 Å². The normalized spacial score (nSPS) is 15.3. The van der Waals surface area contributed by atoms with Crippen LogP contribution in [0.3, 0.4) is 0 Å². The maximum atomic E-state index is 12.6. The van der Waals surface area contributed by atoms with Crippen LogP contribution in [0.2, 0.25) is 0 Å². The summed E-state index contributed by atoms with van der Waals surface area (Å²) < 4.78 is 1.67. The fraction of sp³-hybridized carbons (Fsp3) is 0.364. The molecule has 10 heteroatoms. The van der Waals surface area contributed by atoms with Gasteiger partial charge in [-0.25, -0.2) is 4.79 Å². The van der Waals surface area contributed by atoms with Crippen LogP contribution in [0.5, 0.6) is 0 Å². The summed E-state index contributed by atoms with van der Waals surface area (Å²) in [5, 5.41) is 24.2. The number of carbonyl (C=O) groups excluding carboxylic acids is 1. The number of aliphatic carboxylic acids is 1. The molecular formula is C22H25N5O4S. The first-order valence-corrected chi connectivity index (χ1v) is 11.2. The Labute approximate surface area is 188 Å². The second-order valence-electron chi connectivity index (χ2n) is 7.33. The van der Waals surface area contributed by atoms with E-state index in [0.29, 0.717) is 17.8 Å². The average Bonchev–Trinajstić information content (AvgIpc) is 3.40. The fourth-order valence-electron chi connectivity index (χ4n) is 3.47. The SMILES string of the molecule is CCn1c(=C(C#N)C(=O)O)sc(=CNc2ccc(NC(=O)CCN3CCCC3)cc2)c1=O. The molecule has 3 N–H and O–H groups in total. The lowest BCUT2D eigenvalue weighted by Crippen LogP contribution is -2.32. The van der Waals surface area contributed by atoms with E-state index in [0.717, 1.165) is 31.0 Å². The smallest absolute Gasteiger partial charge is 0.349 e. The lowest BCUT2D eigenvalue weighted by Gasteiger charge is -2.14. The number of carboxylic acid groups (broad SMARTS) is 1. The van der Waals surface area contributed by atoms with Gasteiger partial charge in [-0.15, -0.1) is 11.3 Å². The summed E-state index contributed by atoms with van der Waals surface area (Å²) >= 11 is 0.949. The molecule has 3 rings (SSSR count). The Hall–Kier alpha value is -3.42.